The van der Waals surface area contributed by atoms with Crippen molar-refractivity contribution in [2.45, 2.75) is 6.92 Å². The summed E-state index contributed by atoms with van der Waals surface area (Å²) >= 11 is 0. The molecule has 4 rings (SSSR count). The van der Waals surface area contributed by atoms with E-state index in [0.717, 1.165) is 28.5 Å². The van der Waals surface area contributed by atoms with Crippen molar-refractivity contribution in [1.29, 1.82) is 0 Å². The Morgan fingerprint density at radius 3 is 2.27 bits per heavy atom. The van der Waals surface area contributed by atoms with Crippen molar-refractivity contribution in [1.82, 2.24) is 14.5 Å². The van der Waals surface area contributed by atoms with E-state index in [-0.39, 0.29) is 0 Å². The zero-order valence-electron chi connectivity index (χ0n) is 12.2. The van der Waals surface area contributed by atoms with Crippen LogP contribution in [0.4, 0.5) is 0 Å². The van der Waals surface area contributed by atoms with Crippen LogP contribution in [0.2, 0.25) is 0 Å². The van der Waals surface area contributed by atoms with E-state index in [1.54, 1.807) is 0 Å². The molecule has 0 aliphatic rings. The highest BCUT2D eigenvalue weighted by atomic mass is 15.2. The lowest BCUT2D eigenvalue weighted by molar-refractivity contribution is -0.579. The Labute approximate surface area is 128 Å². The van der Waals surface area contributed by atoms with Crippen LogP contribution in [0.25, 0.3) is 22.7 Å². The third-order valence-electron chi connectivity index (χ3n) is 3.77. The van der Waals surface area contributed by atoms with Crippen LogP contribution in [0.1, 0.15) is 5.82 Å². The van der Waals surface area contributed by atoms with Crippen molar-refractivity contribution in [3.63, 3.8) is 0 Å². The number of rotatable bonds is 2. The van der Waals surface area contributed by atoms with Crippen molar-refractivity contribution in [3.05, 3.63) is 78.9 Å². The van der Waals surface area contributed by atoms with Gasteiger partial charge >= 0.3 is 0 Å². The average molecular weight is 287 g/mol. The van der Waals surface area contributed by atoms with Crippen LogP contribution in [0.3, 0.4) is 0 Å². The maximum absolute atomic E-state index is 4.50. The lowest BCUT2D eigenvalue weighted by Gasteiger charge is -2.01. The Kier molecular flexibility index (Phi) is 2.93. The number of para-hydroxylation sites is 2. The van der Waals surface area contributed by atoms with Gasteiger partial charge in [0.05, 0.1) is 0 Å². The normalized spacial score (nSPS) is 11.0. The van der Waals surface area contributed by atoms with Crippen LogP contribution >= 0.6 is 0 Å². The quantitative estimate of drug-likeness (QED) is 0.531. The lowest BCUT2D eigenvalue weighted by Crippen LogP contribution is -2.34. The molecule has 0 aliphatic carbocycles. The standard InChI is InChI=1S/C18H15N4/c1-14-21(17-10-4-6-12-19-17)15-8-2-3-9-16(15)22(14)18-11-5-7-13-20-18/h2-13H,1H3/q+1. The molecule has 22 heavy (non-hydrogen) atoms. The minimum atomic E-state index is 0.908. The zero-order valence-corrected chi connectivity index (χ0v) is 12.2. The molecule has 0 aliphatic heterocycles. The predicted molar refractivity (Wildman–Crippen MR) is 85.1 cm³/mol. The molecule has 0 saturated carbocycles. The smallest absolute Gasteiger partial charge is 0.225 e. The second-order valence-corrected chi connectivity index (χ2v) is 5.08. The molecule has 4 nitrogen and oxygen atoms in total. The third kappa shape index (κ3) is 1.89. The maximum Gasteiger partial charge on any atom is 0.267 e. The molecule has 0 unspecified atom stereocenters. The second kappa shape index (κ2) is 5.07. The fraction of sp³-hybridized carbons (Fsp3) is 0.0556. The van der Waals surface area contributed by atoms with Crippen LogP contribution < -0.4 is 4.57 Å². The lowest BCUT2D eigenvalue weighted by atomic mass is 10.3. The average Bonchev–Trinajstić information content (AvgIpc) is 2.88. The van der Waals surface area contributed by atoms with Gasteiger partial charge in [-0.1, -0.05) is 24.3 Å². The van der Waals surface area contributed by atoms with Crippen molar-refractivity contribution in [3.8, 4) is 11.6 Å². The van der Waals surface area contributed by atoms with Gasteiger partial charge in [-0.3, -0.25) is 0 Å². The molecular formula is C18H15N4+. The summed E-state index contributed by atoms with van der Waals surface area (Å²) in [6.45, 7) is 2.09. The first kappa shape index (κ1) is 12.7. The van der Waals surface area contributed by atoms with E-state index in [0.29, 0.717) is 0 Å². The Morgan fingerprint density at radius 2 is 1.55 bits per heavy atom. The van der Waals surface area contributed by atoms with E-state index >= 15 is 0 Å². The third-order valence-corrected chi connectivity index (χ3v) is 3.77. The molecular weight excluding hydrogens is 272 g/mol. The Balaban J connectivity index is 2.10. The largest absolute Gasteiger partial charge is 0.267 e. The first-order valence-corrected chi connectivity index (χ1v) is 7.21. The van der Waals surface area contributed by atoms with Crippen LogP contribution in [-0.2, 0) is 0 Å². The molecule has 0 atom stereocenters. The molecule has 0 fully saturated rings. The predicted octanol–water partition coefficient (Wildman–Crippen LogP) is 3.01. The fourth-order valence-corrected chi connectivity index (χ4v) is 2.84. The number of fused-ring (bicyclic) bond motifs is 1. The maximum atomic E-state index is 4.50. The van der Waals surface area contributed by atoms with Crippen molar-refractivity contribution in [2.24, 2.45) is 0 Å². The Morgan fingerprint density at radius 1 is 0.818 bits per heavy atom. The molecule has 0 amide bonds. The minimum Gasteiger partial charge on any atom is -0.225 e. The molecule has 106 valence electrons. The van der Waals surface area contributed by atoms with Crippen molar-refractivity contribution >= 4 is 11.0 Å². The van der Waals surface area contributed by atoms with E-state index < -0.39 is 0 Å². The topological polar surface area (TPSA) is 34.6 Å². The molecule has 0 bridgehead atoms. The number of hydrogen-bond donors (Lipinski definition) is 0. The molecule has 4 aromatic rings. The van der Waals surface area contributed by atoms with Crippen LogP contribution in [0, 0.1) is 6.92 Å². The van der Waals surface area contributed by atoms with Gasteiger partial charge in [-0.25, -0.2) is 9.55 Å². The van der Waals surface area contributed by atoms with Gasteiger partial charge < -0.3 is 0 Å². The number of imidazole rings is 1. The van der Waals surface area contributed by atoms with Gasteiger partial charge in [-0.2, -0.15) is 4.57 Å². The summed E-state index contributed by atoms with van der Waals surface area (Å²) < 4.78 is 4.31. The number of benzene rings is 1. The SMILES string of the molecule is Cc1n(-c2ccccn2)c2ccccc2[n+]1-c1ccccn1. The first-order valence-electron chi connectivity index (χ1n) is 7.21. The molecule has 3 heterocycles. The van der Waals surface area contributed by atoms with Gasteiger partial charge in [-0.05, 0) is 30.3 Å². The number of pyridine rings is 2. The highest BCUT2D eigenvalue weighted by Gasteiger charge is 2.22. The fourth-order valence-electron chi connectivity index (χ4n) is 2.84. The molecule has 1 aromatic carbocycles. The summed E-state index contributed by atoms with van der Waals surface area (Å²) in [5.74, 6) is 2.88. The van der Waals surface area contributed by atoms with Gasteiger partial charge in [0.1, 0.15) is 17.2 Å². The van der Waals surface area contributed by atoms with Gasteiger partial charge in [0.25, 0.3) is 5.82 Å². The van der Waals surface area contributed by atoms with Gasteiger partial charge in [-0.15, -0.1) is 4.98 Å². The number of aromatic nitrogens is 4. The van der Waals surface area contributed by atoms with Crippen LogP contribution in [-0.4, -0.2) is 14.5 Å². The number of hydrogen-bond acceptors (Lipinski definition) is 2. The highest BCUT2D eigenvalue weighted by molar-refractivity contribution is 5.74. The first-order chi connectivity index (χ1) is 10.9. The van der Waals surface area contributed by atoms with Crippen LogP contribution in [0.5, 0.6) is 0 Å². The summed E-state index contributed by atoms with van der Waals surface area (Å²) in [5.41, 5.74) is 2.23. The summed E-state index contributed by atoms with van der Waals surface area (Å²) in [6, 6.07) is 20.2. The highest BCUT2D eigenvalue weighted by Crippen LogP contribution is 2.19. The molecule has 0 radical (unpaired) electrons. The Bertz CT molecular complexity index is 851. The molecule has 0 N–H and O–H groups in total. The van der Waals surface area contributed by atoms with Gasteiger partial charge in [0.2, 0.25) is 5.82 Å². The summed E-state index contributed by atoms with van der Waals surface area (Å²) in [6.07, 6.45) is 3.63. The van der Waals surface area contributed by atoms with E-state index in [2.05, 4.69) is 38.2 Å². The summed E-state index contributed by atoms with van der Waals surface area (Å²) in [4.78, 5) is 8.99. The van der Waals surface area contributed by atoms with Crippen molar-refractivity contribution in [2.75, 3.05) is 0 Å². The monoisotopic (exact) mass is 287 g/mol. The minimum absolute atomic E-state index is 0.908. The second-order valence-electron chi connectivity index (χ2n) is 5.08. The van der Waals surface area contributed by atoms with Crippen molar-refractivity contribution < 1.29 is 4.57 Å². The summed E-state index contributed by atoms with van der Waals surface area (Å²) in [5, 5.41) is 0. The Hall–Kier alpha value is -3.01. The number of nitrogens with zero attached hydrogens (tertiary/aromatic N) is 4. The van der Waals surface area contributed by atoms with Crippen LogP contribution in [0.15, 0.2) is 73.1 Å². The molecule has 3 aromatic heterocycles. The van der Waals surface area contributed by atoms with Gasteiger partial charge in [0.15, 0.2) is 5.82 Å². The molecule has 4 heteroatoms. The summed E-state index contributed by atoms with van der Waals surface area (Å²) in [7, 11) is 0. The van der Waals surface area contributed by atoms with Gasteiger partial charge in [0, 0.05) is 19.2 Å². The van der Waals surface area contributed by atoms with E-state index in [1.165, 1.54) is 0 Å². The van der Waals surface area contributed by atoms with E-state index in [1.807, 2.05) is 60.9 Å². The molecule has 0 spiro atoms. The van der Waals surface area contributed by atoms with E-state index in [9.17, 15) is 0 Å². The van der Waals surface area contributed by atoms with E-state index in [4.69, 9.17) is 0 Å². The molecule has 0 saturated heterocycles. The zero-order chi connectivity index (χ0) is 14.9.